The molecule has 6 nitrogen and oxygen atoms in total. The Morgan fingerprint density at radius 3 is 2.70 bits per heavy atom. The highest BCUT2D eigenvalue weighted by atomic mass is 79.9. The molecule has 0 aliphatic carbocycles. The quantitative estimate of drug-likeness (QED) is 0.623. The summed E-state index contributed by atoms with van der Waals surface area (Å²) in [5.74, 6) is -1.35. The number of aromatic nitrogens is 1. The van der Waals surface area contributed by atoms with Gasteiger partial charge < -0.3 is 14.6 Å². The van der Waals surface area contributed by atoms with Crippen LogP contribution in [-0.2, 0) is 9.59 Å². The Bertz CT molecular complexity index is 1040. The Morgan fingerprint density at radius 1 is 1.15 bits per heavy atom. The number of rotatable bonds is 2. The number of amides is 2. The lowest BCUT2D eigenvalue weighted by Crippen LogP contribution is -2.37. The first-order chi connectivity index (χ1) is 13.0. The SMILES string of the molecule is O=C(Nc1ccc2oc(-c3cc(F)ccc3Br)nc2c1)C(=O)N1CCCC1. The van der Waals surface area contributed by atoms with Crippen LogP contribution < -0.4 is 5.32 Å². The second kappa shape index (κ2) is 7.11. The molecule has 0 atom stereocenters. The van der Waals surface area contributed by atoms with Crippen molar-refractivity contribution < 1.29 is 18.4 Å². The van der Waals surface area contributed by atoms with E-state index in [0.717, 1.165) is 12.8 Å². The fourth-order valence-electron chi connectivity index (χ4n) is 3.03. The number of oxazole rings is 1. The molecule has 0 unspecified atom stereocenters. The van der Waals surface area contributed by atoms with Crippen molar-refractivity contribution in [3.8, 4) is 11.5 Å². The summed E-state index contributed by atoms with van der Waals surface area (Å²) in [4.78, 5) is 30.2. The van der Waals surface area contributed by atoms with Crippen LogP contribution in [0.3, 0.4) is 0 Å². The van der Waals surface area contributed by atoms with Gasteiger partial charge in [0.05, 0.1) is 5.56 Å². The van der Waals surface area contributed by atoms with E-state index in [2.05, 4.69) is 26.2 Å². The maximum absolute atomic E-state index is 13.5. The molecule has 0 saturated carbocycles. The molecule has 138 valence electrons. The summed E-state index contributed by atoms with van der Waals surface area (Å²) in [7, 11) is 0. The lowest BCUT2D eigenvalue weighted by atomic mass is 10.2. The van der Waals surface area contributed by atoms with Crippen molar-refractivity contribution in [2.75, 3.05) is 18.4 Å². The molecule has 1 fully saturated rings. The second-order valence-electron chi connectivity index (χ2n) is 6.28. The molecule has 2 amide bonds. The number of carbonyl (C=O) groups excluding carboxylic acids is 2. The molecule has 27 heavy (non-hydrogen) atoms. The molecule has 8 heteroatoms. The topological polar surface area (TPSA) is 75.4 Å². The van der Waals surface area contributed by atoms with Crippen molar-refractivity contribution >= 4 is 44.5 Å². The summed E-state index contributed by atoms with van der Waals surface area (Å²) < 4.78 is 19.9. The number of fused-ring (bicyclic) bond motifs is 1. The summed E-state index contributed by atoms with van der Waals surface area (Å²) in [6.45, 7) is 1.22. The van der Waals surface area contributed by atoms with E-state index >= 15 is 0 Å². The van der Waals surface area contributed by atoms with Crippen molar-refractivity contribution in [3.63, 3.8) is 0 Å². The van der Waals surface area contributed by atoms with Crippen LogP contribution >= 0.6 is 15.9 Å². The lowest BCUT2D eigenvalue weighted by Gasteiger charge is -2.14. The van der Waals surface area contributed by atoms with Gasteiger partial charge in [-0.2, -0.15) is 0 Å². The maximum atomic E-state index is 13.5. The number of carbonyl (C=O) groups is 2. The van der Waals surface area contributed by atoms with Crippen molar-refractivity contribution in [1.29, 1.82) is 0 Å². The molecule has 0 radical (unpaired) electrons. The molecule has 4 rings (SSSR count). The first-order valence-corrected chi connectivity index (χ1v) is 9.27. The molecule has 3 aromatic rings. The van der Waals surface area contributed by atoms with E-state index in [1.54, 1.807) is 29.2 Å². The number of anilines is 1. The van der Waals surface area contributed by atoms with Gasteiger partial charge in [0.15, 0.2) is 5.58 Å². The standard InChI is InChI=1S/C19H15BrFN3O3/c20-14-5-3-11(21)9-13(14)18-23-15-10-12(4-6-16(15)27-18)22-17(25)19(26)24-7-1-2-8-24/h3-6,9-10H,1-2,7-8H2,(H,22,25). The van der Waals surface area contributed by atoms with E-state index in [1.807, 2.05) is 0 Å². The third-order valence-electron chi connectivity index (χ3n) is 4.39. The maximum Gasteiger partial charge on any atom is 0.313 e. The minimum Gasteiger partial charge on any atom is -0.436 e. The van der Waals surface area contributed by atoms with Crippen LogP contribution in [0.1, 0.15) is 12.8 Å². The predicted molar refractivity (Wildman–Crippen MR) is 102 cm³/mol. The molecule has 1 aliphatic rings. The molecule has 0 bridgehead atoms. The molecular weight excluding hydrogens is 417 g/mol. The van der Waals surface area contributed by atoms with E-state index in [4.69, 9.17) is 4.42 Å². The van der Waals surface area contributed by atoms with E-state index < -0.39 is 17.6 Å². The average Bonchev–Trinajstić information content (AvgIpc) is 3.32. The van der Waals surface area contributed by atoms with Crippen LogP contribution in [0, 0.1) is 5.82 Å². The Balaban J connectivity index is 1.58. The van der Waals surface area contributed by atoms with Gasteiger partial charge in [-0.3, -0.25) is 9.59 Å². The van der Waals surface area contributed by atoms with Crippen LogP contribution in [0.5, 0.6) is 0 Å². The van der Waals surface area contributed by atoms with Gasteiger partial charge in [-0.05, 0) is 65.2 Å². The highest BCUT2D eigenvalue weighted by molar-refractivity contribution is 9.10. The fraction of sp³-hybridized carbons (Fsp3) is 0.211. The number of hydrogen-bond acceptors (Lipinski definition) is 4. The van der Waals surface area contributed by atoms with Crippen LogP contribution in [0.25, 0.3) is 22.6 Å². The first-order valence-electron chi connectivity index (χ1n) is 8.47. The molecule has 2 heterocycles. The Labute approximate surface area is 162 Å². The third kappa shape index (κ3) is 3.57. The first kappa shape index (κ1) is 17.7. The molecule has 1 aromatic heterocycles. The summed E-state index contributed by atoms with van der Waals surface area (Å²) in [6, 6.07) is 9.13. The molecule has 1 N–H and O–H groups in total. The zero-order valence-corrected chi connectivity index (χ0v) is 15.8. The fourth-order valence-corrected chi connectivity index (χ4v) is 3.45. The normalized spacial score (nSPS) is 13.9. The smallest absolute Gasteiger partial charge is 0.313 e. The lowest BCUT2D eigenvalue weighted by molar-refractivity contribution is -0.142. The summed E-state index contributed by atoms with van der Waals surface area (Å²) in [6.07, 6.45) is 1.84. The third-order valence-corrected chi connectivity index (χ3v) is 5.08. The highest BCUT2D eigenvalue weighted by Gasteiger charge is 2.24. The predicted octanol–water partition coefficient (Wildman–Crippen LogP) is 3.96. The van der Waals surface area contributed by atoms with Gasteiger partial charge in [-0.25, -0.2) is 9.37 Å². The van der Waals surface area contributed by atoms with Gasteiger partial charge in [0.25, 0.3) is 0 Å². The number of nitrogens with one attached hydrogen (secondary N) is 1. The van der Waals surface area contributed by atoms with E-state index in [9.17, 15) is 14.0 Å². The Morgan fingerprint density at radius 2 is 1.93 bits per heavy atom. The largest absolute Gasteiger partial charge is 0.436 e. The Kier molecular flexibility index (Phi) is 4.65. The van der Waals surface area contributed by atoms with Crippen molar-refractivity contribution in [3.05, 3.63) is 46.7 Å². The number of nitrogens with zero attached hydrogens (tertiary/aromatic N) is 2. The van der Waals surface area contributed by atoms with Gasteiger partial charge in [0.2, 0.25) is 5.89 Å². The van der Waals surface area contributed by atoms with Gasteiger partial charge in [0.1, 0.15) is 11.3 Å². The number of halogens is 2. The van der Waals surface area contributed by atoms with Crippen LogP contribution in [0.2, 0.25) is 0 Å². The Hall–Kier alpha value is -2.74. The summed E-state index contributed by atoms with van der Waals surface area (Å²) in [5, 5.41) is 2.60. The van der Waals surface area contributed by atoms with Crippen molar-refractivity contribution in [2.24, 2.45) is 0 Å². The molecule has 1 saturated heterocycles. The van der Waals surface area contributed by atoms with Gasteiger partial charge in [-0.1, -0.05) is 0 Å². The van der Waals surface area contributed by atoms with Crippen LogP contribution in [0.15, 0.2) is 45.3 Å². The zero-order chi connectivity index (χ0) is 19.0. The van der Waals surface area contributed by atoms with E-state index in [1.165, 1.54) is 12.1 Å². The van der Waals surface area contributed by atoms with E-state index in [-0.39, 0.29) is 5.89 Å². The second-order valence-corrected chi connectivity index (χ2v) is 7.13. The molecule has 1 aliphatic heterocycles. The van der Waals surface area contributed by atoms with E-state index in [0.29, 0.717) is 39.9 Å². The van der Waals surface area contributed by atoms with Crippen LogP contribution in [-0.4, -0.2) is 34.8 Å². The number of benzene rings is 2. The van der Waals surface area contributed by atoms with Gasteiger partial charge in [0, 0.05) is 23.2 Å². The van der Waals surface area contributed by atoms with Gasteiger partial charge in [-0.15, -0.1) is 0 Å². The summed E-state index contributed by atoms with van der Waals surface area (Å²) >= 11 is 3.35. The highest BCUT2D eigenvalue weighted by Crippen LogP contribution is 2.31. The van der Waals surface area contributed by atoms with Crippen molar-refractivity contribution in [2.45, 2.75) is 12.8 Å². The average molecular weight is 432 g/mol. The van der Waals surface area contributed by atoms with Crippen molar-refractivity contribution in [1.82, 2.24) is 9.88 Å². The van der Waals surface area contributed by atoms with Gasteiger partial charge >= 0.3 is 11.8 Å². The zero-order valence-electron chi connectivity index (χ0n) is 14.2. The molecule has 2 aromatic carbocycles. The monoisotopic (exact) mass is 431 g/mol. The minimum absolute atomic E-state index is 0.257. The molecule has 0 spiro atoms. The minimum atomic E-state index is -0.673. The van der Waals surface area contributed by atoms with Crippen LogP contribution in [0.4, 0.5) is 10.1 Å². The summed E-state index contributed by atoms with van der Waals surface area (Å²) in [5.41, 5.74) is 1.91. The number of likely N-dealkylation sites (tertiary alicyclic amines) is 1. The number of hydrogen-bond donors (Lipinski definition) is 1. The molecular formula is C19H15BrFN3O3.